The zero-order chi connectivity index (χ0) is 15.2. The second-order valence-electron chi connectivity index (χ2n) is 5.68. The lowest BCUT2D eigenvalue weighted by atomic mass is 10.1. The summed E-state index contributed by atoms with van der Waals surface area (Å²) < 4.78 is 19.4. The number of hydrogen-bond acceptors (Lipinski definition) is 2. The normalized spacial score (nSPS) is 20.0. The van der Waals surface area contributed by atoms with Crippen LogP contribution in [0.5, 0.6) is 5.75 Å². The average Bonchev–Trinajstić information content (AvgIpc) is 2.93. The van der Waals surface area contributed by atoms with Crippen LogP contribution in [0.1, 0.15) is 5.56 Å². The molecule has 0 bridgehead atoms. The maximum Gasteiger partial charge on any atom is 0.148 e. The number of benzene rings is 3. The highest BCUT2D eigenvalue weighted by Gasteiger charge is 2.38. The molecule has 22 heavy (non-hydrogen) atoms. The first-order valence-corrected chi connectivity index (χ1v) is 9.37. The lowest BCUT2D eigenvalue weighted by Crippen LogP contribution is -2.17. The lowest BCUT2D eigenvalue weighted by Gasteiger charge is -2.18. The molecular weight excluding hydrogens is 291 g/mol. The fraction of sp³-hybridized carbons (Fsp3) is 0.158. The summed E-state index contributed by atoms with van der Waals surface area (Å²) in [6, 6.07) is 20.2. The Morgan fingerprint density at radius 3 is 2.59 bits per heavy atom. The van der Waals surface area contributed by atoms with Crippen LogP contribution >= 0.6 is 7.14 Å². The third-order valence-corrected chi connectivity index (χ3v) is 7.77. The average molecular weight is 308 g/mol. The summed E-state index contributed by atoms with van der Waals surface area (Å²) in [7, 11) is -0.993. The molecule has 1 atom stereocenters. The van der Waals surface area contributed by atoms with E-state index in [9.17, 15) is 4.57 Å². The van der Waals surface area contributed by atoms with E-state index in [0.29, 0.717) is 6.16 Å². The second kappa shape index (κ2) is 5.00. The van der Waals surface area contributed by atoms with Gasteiger partial charge < -0.3 is 9.30 Å². The highest BCUT2D eigenvalue weighted by molar-refractivity contribution is 7.79. The Morgan fingerprint density at radius 1 is 0.955 bits per heavy atom. The summed E-state index contributed by atoms with van der Waals surface area (Å²) in [5.41, 5.74) is 1.22. The van der Waals surface area contributed by atoms with Gasteiger partial charge in [0.25, 0.3) is 0 Å². The van der Waals surface area contributed by atoms with E-state index in [-0.39, 0.29) is 0 Å². The van der Waals surface area contributed by atoms with Gasteiger partial charge in [0.1, 0.15) is 12.9 Å². The molecule has 110 valence electrons. The largest absolute Gasteiger partial charge is 0.496 e. The molecule has 0 aromatic heterocycles. The minimum absolute atomic E-state index is 0.691. The van der Waals surface area contributed by atoms with Gasteiger partial charge in [-0.25, -0.2) is 0 Å². The summed E-state index contributed by atoms with van der Waals surface area (Å²) in [6.07, 6.45) is 1.56. The van der Waals surface area contributed by atoms with E-state index in [1.807, 2.05) is 36.4 Å². The molecule has 2 nitrogen and oxygen atoms in total. The van der Waals surface area contributed by atoms with Crippen LogP contribution in [0, 0.1) is 0 Å². The van der Waals surface area contributed by atoms with E-state index in [1.54, 1.807) is 7.11 Å². The standard InChI is InChI=1S/C19H17O2P/c1-21-17-8-4-5-9-18(17)22(20)13-12-15-11-10-14-6-2-3-7-16(14)19(15)22/h2-11H,12-13H2,1H3. The Kier molecular flexibility index (Phi) is 3.09. The van der Waals surface area contributed by atoms with Gasteiger partial charge in [-0.05, 0) is 34.9 Å². The molecular formula is C19H17O2P. The molecule has 1 aliphatic heterocycles. The summed E-state index contributed by atoms with van der Waals surface area (Å²) in [6.45, 7) is 0. The third-order valence-electron chi connectivity index (χ3n) is 4.52. The van der Waals surface area contributed by atoms with Crippen molar-refractivity contribution in [3.05, 3.63) is 66.2 Å². The van der Waals surface area contributed by atoms with Crippen molar-refractivity contribution in [2.75, 3.05) is 13.3 Å². The molecule has 0 fully saturated rings. The van der Waals surface area contributed by atoms with Gasteiger partial charge in [0.15, 0.2) is 0 Å². The van der Waals surface area contributed by atoms with Crippen LogP contribution in [-0.2, 0) is 11.0 Å². The fourth-order valence-corrected chi connectivity index (χ4v) is 6.84. The third kappa shape index (κ3) is 1.84. The fourth-order valence-electron chi connectivity index (χ4n) is 3.49. The van der Waals surface area contributed by atoms with Gasteiger partial charge in [-0.1, -0.05) is 48.5 Å². The number of aryl methyl sites for hydroxylation is 1. The van der Waals surface area contributed by atoms with Gasteiger partial charge in [0.2, 0.25) is 0 Å². The maximum absolute atomic E-state index is 14.0. The molecule has 1 aliphatic rings. The molecule has 3 heteroatoms. The number of para-hydroxylation sites is 1. The Hall–Kier alpha value is -2.05. The van der Waals surface area contributed by atoms with Gasteiger partial charge in [-0.2, -0.15) is 0 Å². The Labute approximate surface area is 130 Å². The van der Waals surface area contributed by atoms with Crippen molar-refractivity contribution in [2.24, 2.45) is 0 Å². The Bertz CT molecular complexity index is 914. The van der Waals surface area contributed by atoms with E-state index >= 15 is 0 Å². The number of methoxy groups -OCH3 is 1. The highest BCUT2D eigenvalue weighted by atomic mass is 31.2. The smallest absolute Gasteiger partial charge is 0.148 e. The summed E-state index contributed by atoms with van der Waals surface area (Å²) >= 11 is 0. The van der Waals surface area contributed by atoms with Crippen molar-refractivity contribution < 1.29 is 9.30 Å². The van der Waals surface area contributed by atoms with Gasteiger partial charge >= 0.3 is 0 Å². The molecule has 0 N–H and O–H groups in total. The summed E-state index contributed by atoms with van der Waals surface area (Å²) in [5, 5.41) is 4.16. The number of rotatable bonds is 2. The van der Waals surface area contributed by atoms with Crippen molar-refractivity contribution in [3.8, 4) is 5.75 Å². The van der Waals surface area contributed by atoms with Gasteiger partial charge in [-0.15, -0.1) is 0 Å². The van der Waals surface area contributed by atoms with Crippen LogP contribution in [0.25, 0.3) is 10.8 Å². The van der Waals surface area contributed by atoms with E-state index < -0.39 is 7.14 Å². The number of hydrogen-bond donors (Lipinski definition) is 0. The van der Waals surface area contributed by atoms with Crippen LogP contribution in [0.2, 0.25) is 0 Å². The van der Waals surface area contributed by atoms with Crippen molar-refractivity contribution >= 4 is 28.5 Å². The highest BCUT2D eigenvalue weighted by Crippen LogP contribution is 2.52. The monoisotopic (exact) mass is 308 g/mol. The SMILES string of the molecule is COc1ccccc1P1(=O)CCc2ccc3ccccc3c21. The topological polar surface area (TPSA) is 26.3 Å². The second-order valence-corrected chi connectivity index (χ2v) is 8.54. The Morgan fingerprint density at radius 2 is 1.73 bits per heavy atom. The first kappa shape index (κ1) is 13.6. The minimum Gasteiger partial charge on any atom is -0.496 e. The predicted octanol–water partition coefficient (Wildman–Crippen LogP) is 3.72. The molecule has 1 unspecified atom stereocenters. The number of fused-ring (bicyclic) bond motifs is 3. The molecule has 3 aromatic carbocycles. The van der Waals surface area contributed by atoms with Crippen molar-refractivity contribution in [2.45, 2.75) is 6.42 Å². The van der Waals surface area contributed by atoms with E-state index in [1.165, 1.54) is 5.56 Å². The van der Waals surface area contributed by atoms with Crippen LogP contribution in [0.3, 0.4) is 0 Å². The molecule has 0 radical (unpaired) electrons. The van der Waals surface area contributed by atoms with Crippen molar-refractivity contribution in [3.63, 3.8) is 0 Å². The van der Waals surface area contributed by atoms with Crippen LogP contribution < -0.4 is 15.3 Å². The summed E-state index contributed by atoms with van der Waals surface area (Å²) in [4.78, 5) is 0. The minimum atomic E-state index is -2.64. The molecule has 0 amide bonds. The van der Waals surface area contributed by atoms with Crippen LogP contribution in [0.15, 0.2) is 60.7 Å². The maximum atomic E-state index is 14.0. The van der Waals surface area contributed by atoms with Crippen LogP contribution in [0.4, 0.5) is 0 Å². The number of ether oxygens (including phenoxy) is 1. The molecule has 0 saturated carbocycles. The van der Waals surface area contributed by atoms with E-state index in [2.05, 4.69) is 24.3 Å². The molecule has 0 saturated heterocycles. The zero-order valence-electron chi connectivity index (χ0n) is 12.5. The quantitative estimate of drug-likeness (QED) is 0.675. The van der Waals surface area contributed by atoms with Crippen LogP contribution in [-0.4, -0.2) is 13.3 Å². The van der Waals surface area contributed by atoms with Gasteiger partial charge in [0, 0.05) is 11.5 Å². The van der Waals surface area contributed by atoms with Gasteiger partial charge in [-0.3, -0.25) is 0 Å². The molecule has 3 aromatic rings. The van der Waals surface area contributed by atoms with E-state index in [4.69, 9.17) is 4.74 Å². The van der Waals surface area contributed by atoms with Gasteiger partial charge in [0.05, 0.1) is 12.4 Å². The zero-order valence-corrected chi connectivity index (χ0v) is 13.3. The molecule has 4 rings (SSSR count). The van der Waals surface area contributed by atoms with E-state index in [0.717, 1.165) is 33.6 Å². The molecule has 0 spiro atoms. The first-order valence-electron chi connectivity index (χ1n) is 7.48. The predicted molar refractivity (Wildman–Crippen MR) is 92.4 cm³/mol. The molecule has 1 heterocycles. The lowest BCUT2D eigenvalue weighted by molar-refractivity contribution is 0.418. The first-order chi connectivity index (χ1) is 10.7. The van der Waals surface area contributed by atoms with Crippen molar-refractivity contribution in [1.82, 2.24) is 0 Å². The summed E-state index contributed by atoms with van der Waals surface area (Å²) in [5.74, 6) is 0.728. The molecule has 0 aliphatic carbocycles. The van der Waals surface area contributed by atoms with Crippen molar-refractivity contribution in [1.29, 1.82) is 0 Å². The Balaban J connectivity index is 2.05.